The van der Waals surface area contributed by atoms with Gasteiger partial charge in [0.05, 0.1) is 7.11 Å². The van der Waals surface area contributed by atoms with Crippen LogP contribution in [0.2, 0.25) is 0 Å². The van der Waals surface area contributed by atoms with Gasteiger partial charge in [-0.05, 0) is 48.0 Å². The number of nitrogens with one attached hydrogen (secondary N) is 1. The van der Waals surface area contributed by atoms with Crippen LogP contribution < -0.4 is 10.1 Å². The van der Waals surface area contributed by atoms with Gasteiger partial charge >= 0.3 is 0 Å². The van der Waals surface area contributed by atoms with Crippen LogP contribution >= 0.6 is 0 Å². The summed E-state index contributed by atoms with van der Waals surface area (Å²) in [6.07, 6.45) is 1.47. The van der Waals surface area contributed by atoms with Crippen LogP contribution in [-0.4, -0.2) is 13.0 Å². The van der Waals surface area contributed by atoms with E-state index in [0.29, 0.717) is 17.0 Å². The summed E-state index contributed by atoms with van der Waals surface area (Å²) in [5.41, 5.74) is 1.07. The van der Waals surface area contributed by atoms with Crippen LogP contribution in [0.1, 0.15) is 5.56 Å². The van der Waals surface area contributed by atoms with Gasteiger partial charge in [0.2, 0.25) is 0 Å². The van der Waals surface area contributed by atoms with Crippen molar-refractivity contribution in [1.29, 1.82) is 5.26 Å². The molecule has 0 aliphatic rings. The van der Waals surface area contributed by atoms with E-state index in [9.17, 15) is 9.18 Å². The summed E-state index contributed by atoms with van der Waals surface area (Å²) >= 11 is 0. The summed E-state index contributed by atoms with van der Waals surface area (Å²) in [5.74, 6) is -0.261. The SMILES string of the molecule is COc1ccc(C=C(C#N)C(=O)Nc2ccc(F)cc2)cc1. The molecule has 4 nitrogen and oxygen atoms in total. The zero-order chi connectivity index (χ0) is 15.9. The van der Waals surface area contributed by atoms with Gasteiger partial charge in [0.1, 0.15) is 23.2 Å². The highest BCUT2D eigenvalue weighted by molar-refractivity contribution is 6.09. The molecule has 22 heavy (non-hydrogen) atoms. The molecule has 1 amide bonds. The Morgan fingerprint density at radius 3 is 2.36 bits per heavy atom. The third kappa shape index (κ3) is 3.93. The van der Waals surface area contributed by atoms with E-state index in [1.54, 1.807) is 31.4 Å². The third-order valence-electron chi connectivity index (χ3n) is 2.89. The van der Waals surface area contributed by atoms with Crippen LogP contribution in [0.25, 0.3) is 6.08 Å². The van der Waals surface area contributed by atoms with Gasteiger partial charge in [-0.3, -0.25) is 4.79 Å². The van der Waals surface area contributed by atoms with Crippen LogP contribution in [0, 0.1) is 17.1 Å². The number of hydrogen-bond donors (Lipinski definition) is 1. The fourth-order valence-corrected chi connectivity index (χ4v) is 1.75. The van der Waals surface area contributed by atoms with Crippen LogP contribution in [0.4, 0.5) is 10.1 Å². The van der Waals surface area contributed by atoms with Crippen molar-refractivity contribution in [3.8, 4) is 11.8 Å². The molecule has 0 bridgehead atoms. The number of anilines is 1. The fraction of sp³-hybridized carbons (Fsp3) is 0.0588. The van der Waals surface area contributed by atoms with Crippen molar-refractivity contribution < 1.29 is 13.9 Å². The Hall–Kier alpha value is -3.13. The number of nitriles is 1. The number of amides is 1. The van der Waals surface area contributed by atoms with E-state index in [-0.39, 0.29) is 5.57 Å². The fourth-order valence-electron chi connectivity index (χ4n) is 1.75. The minimum Gasteiger partial charge on any atom is -0.497 e. The number of nitrogens with zero attached hydrogens (tertiary/aromatic N) is 1. The predicted octanol–water partition coefficient (Wildman–Crippen LogP) is 3.38. The monoisotopic (exact) mass is 296 g/mol. The van der Waals surface area contributed by atoms with Gasteiger partial charge in [0.15, 0.2) is 0 Å². The van der Waals surface area contributed by atoms with Crippen LogP contribution in [0.3, 0.4) is 0 Å². The third-order valence-corrected chi connectivity index (χ3v) is 2.89. The second-order valence-electron chi connectivity index (χ2n) is 4.40. The minimum atomic E-state index is -0.551. The van der Waals surface area contributed by atoms with Gasteiger partial charge in [0.25, 0.3) is 5.91 Å². The predicted molar refractivity (Wildman–Crippen MR) is 81.6 cm³/mol. The second-order valence-corrected chi connectivity index (χ2v) is 4.40. The molecule has 5 heteroatoms. The molecule has 1 N–H and O–H groups in total. The normalized spacial score (nSPS) is 10.7. The van der Waals surface area contributed by atoms with Gasteiger partial charge < -0.3 is 10.1 Å². The molecule has 0 aliphatic carbocycles. The number of halogens is 1. The van der Waals surface area contributed by atoms with Gasteiger partial charge in [-0.2, -0.15) is 5.26 Å². The number of hydrogen-bond acceptors (Lipinski definition) is 3. The Balaban J connectivity index is 2.15. The first-order chi connectivity index (χ1) is 10.6. The van der Waals surface area contributed by atoms with Crippen LogP contribution in [0.15, 0.2) is 54.1 Å². The lowest BCUT2D eigenvalue weighted by molar-refractivity contribution is -0.112. The summed E-state index contributed by atoms with van der Waals surface area (Å²) in [4.78, 5) is 12.0. The Bertz CT molecular complexity index is 729. The highest BCUT2D eigenvalue weighted by Crippen LogP contribution is 2.15. The lowest BCUT2D eigenvalue weighted by Crippen LogP contribution is -2.13. The van der Waals surface area contributed by atoms with Gasteiger partial charge in [0, 0.05) is 5.69 Å². The Morgan fingerprint density at radius 2 is 1.82 bits per heavy atom. The number of methoxy groups -OCH3 is 1. The van der Waals surface area contributed by atoms with E-state index in [0.717, 1.165) is 0 Å². The molecule has 110 valence electrons. The van der Waals surface area contributed by atoms with E-state index < -0.39 is 11.7 Å². The quantitative estimate of drug-likeness (QED) is 0.695. The Morgan fingerprint density at radius 1 is 1.18 bits per heavy atom. The van der Waals surface area contributed by atoms with Crippen molar-refractivity contribution in [3.05, 3.63) is 65.5 Å². The van der Waals surface area contributed by atoms with Crippen molar-refractivity contribution in [1.82, 2.24) is 0 Å². The number of benzene rings is 2. The topological polar surface area (TPSA) is 62.1 Å². The molecule has 0 fully saturated rings. The van der Waals surface area contributed by atoms with Crippen molar-refractivity contribution in [3.63, 3.8) is 0 Å². The molecular formula is C17H13FN2O2. The van der Waals surface area contributed by atoms with Gasteiger partial charge in [-0.15, -0.1) is 0 Å². The van der Waals surface area contributed by atoms with Crippen molar-refractivity contribution in [2.75, 3.05) is 12.4 Å². The molecule has 2 aromatic carbocycles. The summed E-state index contributed by atoms with van der Waals surface area (Å²) in [5, 5.41) is 11.7. The Kier molecular flexibility index (Phi) is 4.89. The largest absolute Gasteiger partial charge is 0.497 e. The maximum absolute atomic E-state index is 12.8. The van der Waals surface area contributed by atoms with E-state index in [2.05, 4.69) is 5.32 Å². The molecule has 2 aromatic rings. The summed E-state index contributed by atoms with van der Waals surface area (Å²) in [6.45, 7) is 0. The number of rotatable bonds is 4. The summed E-state index contributed by atoms with van der Waals surface area (Å²) < 4.78 is 17.9. The minimum absolute atomic E-state index is 0.0468. The van der Waals surface area contributed by atoms with Crippen LogP contribution in [-0.2, 0) is 4.79 Å². The zero-order valence-corrected chi connectivity index (χ0v) is 11.8. The van der Waals surface area contributed by atoms with Crippen molar-refractivity contribution in [2.45, 2.75) is 0 Å². The highest BCUT2D eigenvalue weighted by atomic mass is 19.1. The van der Waals surface area contributed by atoms with E-state index in [4.69, 9.17) is 10.00 Å². The number of carbonyl (C=O) groups excluding carboxylic acids is 1. The first-order valence-corrected chi connectivity index (χ1v) is 6.45. The maximum Gasteiger partial charge on any atom is 0.266 e. The molecule has 0 radical (unpaired) electrons. The molecule has 0 aromatic heterocycles. The molecule has 2 rings (SSSR count). The second kappa shape index (κ2) is 7.04. The van der Waals surface area contributed by atoms with Gasteiger partial charge in [-0.1, -0.05) is 12.1 Å². The number of carbonyl (C=O) groups is 1. The first-order valence-electron chi connectivity index (χ1n) is 6.45. The molecule has 0 saturated carbocycles. The summed E-state index contributed by atoms with van der Waals surface area (Å²) in [7, 11) is 1.56. The van der Waals surface area contributed by atoms with Crippen LogP contribution in [0.5, 0.6) is 5.75 Å². The molecule has 0 saturated heterocycles. The van der Waals surface area contributed by atoms with Crippen molar-refractivity contribution >= 4 is 17.7 Å². The standard InChI is InChI=1S/C17H13FN2O2/c1-22-16-8-2-12(3-9-16)10-13(11-19)17(21)20-15-6-4-14(18)5-7-15/h2-10H,1H3,(H,20,21). The smallest absolute Gasteiger partial charge is 0.266 e. The summed E-state index contributed by atoms with van der Waals surface area (Å²) in [6, 6.07) is 14.1. The molecule has 0 atom stereocenters. The highest BCUT2D eigenvalue weighted by Gasteiger charge is 2.09. The molecule has 0 unspecified atom stereocenters. The molecule has 0 aliphatic heterocycles. The van der Waals surface area contributed by atoms with E-state index in [1.807, 2.05) is 6.07 Å². The van der Waals surface area contributed by atoms with Crippen molar-refractivity contribution in [2.24, 2.45) is 0 Å². The Labute approximate surface area is 127 Å². The zero-order valence-electron chi connectivity index (χ0n) is 11.8. The van der Waals surface area contributed by atoms with E-state index in [1.165, 1.54) is 30.3 Å². The van der Waals surface area contributed by atoms with Gasteiger partial charge in [-0.25, -0.2) is 4.39 Å². The molecule has 0 spiro atoms. The first kappa shape index (κ1) is 15.3. The lowest BCUT2D eigenvalue weighted by atomic mass is 10.1. The lowest BCUT2D eigenvalue weighted by Gasteiger charge is -2.04. The average molecular weight is 296 g/mol. The molecule has 0 heterocycles. The average Bonchev–Trinajstić information content (AvgIpc) is 2.55. The molecular weight excluding hydrogens is 283 g/mol. The maximum atomic E-state index is 12.8. The van der Waals surface area contributed by atoms with E-state index >= 15 is 0 Å². The number of ether oxygens (including phenoxy) is 1.